The largest absolute Gasteiger partial charge is 0.352 e. The highest BCUT2D eigenvalue weighted by Gasteiger charge is 2.07. The number of halogens is 2. The molecule has 0 saturated carbocycles. The minimum absolute atomic E-state index is 0.137. The van der Waals surface area contributed by atoms with Crippen molar-refractivity contribution in [2.24, 2.45) is 0 Å². The van der Waals surface area contributed by atoms with Gasteiger partial charge in [0.2, 0.25) is 5.91 Å². The summed E-state index contributed by atoms with van der Waals surface area (Å²) in [5.41, 5.74) is 2.18. The molecule has 0 atom stereocenters. The number of amides is 1. The second-order valence-electron chi connectivity index (χ2n) is 4.50. The molecule has 2 aromatic rings. The van der Waals surface area contributed by atoms with E-state index in [0.717, 1.165) is 11.1 Å². The molecule has 2 rings (SSSR count). The van der Waals surface area contributed by atoms with E-state index in [-0.39, 0.29) is 12.3 Å². The molecule has 0 aliphatic rings. The van der Waals surface area contributed by atoms with Crippen LogP contribution < -0.4 is 5.32 Å². The molecule has 0 unspecified atom stereocenters. The Morgan fingerprint density at radius 1 is 1.19 bits per heavy atom. The molecule has 0 saturated heterocycles. The van der Waals surface area contributed by atoms with Crippen LogP contribution in [-0.4, -0.2) is 5.91 Å². The summed E-state index contributed by atoms with van der Waals surface area (Å²) in [4.78, 5) is 11.9. The zero-order valence-corrected chi connectivity index (χ0v) is 12.6. The molecule has 0 radical (unpaired) electrons. The Balaban J connectivity index is 1.94. The summed E-state index contributed by atoms with van der Waals surface area (Å²) in [5.74, 6) is -0.137. The highest BCUT2D eigenvalue weighted by molar-refractivity contribution is 6.35. The molecule has 0 fully saturated rings. The zero-order valence-electron chi connectivity index (χ0n) is 11.1. The first-order valence-corrected chi connectivity index (χ1v) is 7.04. The van der Waals surface area contributed by atoms with Crippen LogP contribution in [0.4, 0.5) is 0 Å². The van der Waals surface area contributed by atoms with E-state index < -0.39 is 0 Å². The predicted molar refractivity (Wildman–Crippen MR) is 83.2 cm³/mol. The zero-order chi connectivity index (χ0) is 15.2. The molecule has 0 aliphatic heterocycles. The number of hydrogen-bond acceptors (Lipinski definition) is 2. The molecule has 2 aromatic carbocycles. The van der Waals surface area contributed by atoms with Gasteiger partial charge in [-0.15, -0.1) is 0 Å². The van der Waals surface area contributed by atoms with Crippen LogP contribution >= 0.6 is 23.2 Å². The van der Waals surface area contributed by atoms with Gasteiger partial charge in [-0.05, 0) is 35.4 Å². The van der Waals surface area contributed by atoms with Crippen LogP contribution in [-0.2, 0) is 17.8 Å². The average molecular weight is 319 g/mol. The monoisotopic (exact) mass is 318 g/mol. The Bertz CT molecular complexity index is 708. The third kappa shape index (κ3) is 4.49. The molecule has 1 amide bonds. The quantitative estimate of drug-likeness (QED) is 0.934. The van der Waals surface area contributed by atoms with Crippen molar-refractivity contribution in [2.75, 3.05) is 0 Å². The molecular formula is C16H12Cl2N2O. The van der Waals surface area contributed by atoms with Crippen molar-refractivity contribution in [3.63, 3.8) is 0 Å². The first kappa shape index (κ1) is 15.4. The van der Waals surface area contributed by atoms with Crippen molar-refractivity contribution in [1.29, 1.82) is 5.26 Å². The van der Waals surface area contributed by atoms with Gasteiger partial charge >= 0.3 is 0 Å². The van der Waals surface area contributed by atoms with Crippen LogP contribution in [0.1, 0.15) is 16.7 Å². The van der Waals surface area contributed by atoms with Gasteiger partial charge < -0.3 is 5.32 Å². The second-order valence-corrected chi connectivity index (χ2v) is 5.35. The molecule has 3 nitrogen and oxygen atoms in total. The Morgan fingerprint density at radius 2 is 2.00 bits per heavy atom. The van der Waals surface area contributed by atoms with Gasteiger partial charge in [0.25, 0.3) is 0 Å². The molecule has 1 N–H and O–H groups in total. The van der Waals surface area contributed by atoms with Gasteiger partial charge in [-0.1, -0.05) is 41.4 Å². The highest BCUT2D eigenvalue weighted by atomic mass is 35.5. The fraction of sp³-hybridized carbons (Fsp3) is 0.125. The minimum atomic E-state index is -0.137. The summed E-state index contributed by atoms with van der Waals surface area (Å²) in [6.07, 6.45) is 0.188. The minimum Gasteiger partial charge on any atom is -0.352 e. The third-order valence-corrected chi connectivity index (χ3v) is 3.50. The van der Waals surface area contributed by atoms with Crippen molar-refractivity contribution >= 4 is 29.1 Å². The summed E-state index contributed by atoms with van der Waals surface area (Å²) in [7, 11) is 0. The first-order chi connectivity index (χ1) is 10.1. The van der Waals surface area contributed by atoms with Crippen molar-refractivity contribution in [2.45, 2.75) is 13.0 Å². The summed E-state index contributed by atoms with van der Waals surface area (Å²) < 4.78 is 0. The number of nitrogens with one attached hydrogen (secondary N) is 1. The summed E-state index contributed by atoms with van der Waals surface area (Å²) >= 11 is 11.8. The average Bonchev–Trinajstić information content (AvgIpc) is 2.48. The highest BCUT2D eigenvalue weighted by Crippen LogP contribution is 2.21. The van der Waals surface area contributed by atoms with E-state index in [0.29, 0.717) is 22.2 Å². The van der Waals surface area contributed by atoms with Crippen LogP contribution in [0, 0.1) is 11.3 Å². The van der Waals surface area contributed by atoms with Gasteiger partial charge in [0.1, 0.15) is 0 Å². The molecular weight excluding hydrogens is 307 g/mol. The van der Waals surface area contributed by atoms with E-state index in [9.17, 15) is 4.79 Å². The maximum atomic E-state index is 11.9. The Hall–Kier alpha value is -2.02. The van der Waals surface area contributed by atoms with E-state index in [1.54, 1.807) is 36.4 Å². The van der Waals surface area contributed by atoms with Crippen LogP contribution in [0.25, 0.3) is 0 Å². The van der Waals surface area contributed by atoms with Gasteiger partial charge in [-0.25, -0.2) is 0 Å². The molecule has 0 aromatic heterocycles. The lowest BCUT2D eigenvalue weighted by atomic mass is 10.1. The summed E-state index contributed by atoms with van der Waals surface area (Å²) in [5, 5.41) is 12.6. The van der Waals surface area contributed by atoms with Crippen LogP contribution in [0.15, 0.2) is 42.5 Å². The van der Waals surface area contributed by atoms with E-state index in [1.807, 2.05) is 6.07 Å². The number of nitrogens with zero attached hydrogens (tertiary/aromatic N) is 1. The standard InChI is InChI=1S/C16H12Cl2N2O/c17-14-5-4-13(15(18)8-14)7-16(21)20-10-12-3-1-2-11(6-12)9-19/h1-6,8H,7,10H2,(H,20,21). The fourth-order valence-corrected chi connectivity index (χ4v) is 2.33. The van der Waals surface area contributed by atoms with Gasteiger partial charge in [-0.3, -0.25) is 4.79 Å². The van der Waals surface area contributed by atoms with Crippen LogP contribution in [0.3, 0.4) is 0 Å². The lowest BCUT2D eigenvalue weighted by Crippen LogP contribution is -2.24. The van der Waals surface area contributed by atoms with Crippen molar-refractivity contribution in [1.82, 2.24) is 5.32 Å². The number of carbonyl (C=O) groups is 1. The fourth-order valence-electron chi connectivity index (χ4n) is 1.85. The Labute approximate surface area is 133 Å². The molecule has 106 valence electrons. The van der Waals surface area contributed by atoms with E-state index >= 15 is 0 Å². The predicted octanol–water partition coefficient (Wildman–Crippen LogP) is 3.72. The number of nitriles is 1. The summed E-state index contributed by atoms with van der Waals surface area (Å²) in [6, 6.07) is 14.2. The van der Waals surface area contributed by atoms with Gasteiger partial charge in [0.05, 0.1) is 18.1 Å². The van der Waals surface area contributed by atoms with Crippen LogP contribution in [0.5, 0.6) is 0 Å². The summed E-state index contributed by atoms with van der Waals surface area (Å²) in [6.45, 7) is 0.375. The van der Waals surface area contributed by atoms with Gasteiger partial charge in [0, 0.05) is 16.6 Å². The molecule has 0 heterocycles. The lowest BCUT2D eigenvalue weighted by Gasteiger charge is -2.07. The maximum Gasteiger partial charge on any atom is 0.224 e. The lowest BCUT2D eigenvalue weighted by molar-refractivity contribution is -0.120. The topological polar surface area (TPSA) is 52.9 Å². The van der Waals surface area contributed by atoms with Crippen molar-refractivity contribution in [3.05, 3.63) is 69.2 Å². The van der Waals surface area contributed by atoms with Crippen LogP contribution in [0.2, 0.25) is 10.0 Å². The smallest absolute Gasteiger partial charge is 0.224 e. The first-order valence-electron chi connectivity index (χ1n) is 6.28. The molecule has 5 heteroatoms. The Morgan fingerprint density at radius 3 is 2.71 bits per heavy atom. The van der Waals surface area contributed by atoms with E-state index in [4.69, 9.17) is 28.5 Å². The SMILES string of the molecule is N#Cc1cccc(CNC(=O)Cc2ccc(Cl)cc2Cl)c1. The maximum absolute atomic E-state index is 11.9. The number of rotatable bonds is 4. The molecule has 0 aliphatic carbocycles. The molecule has 0 bridgehead atoms. The number of benzene rings is 2. The van der Waals surface area contributed by atoms with Crippen molar-refractivity contribution < 1.29 is 4.79 Å². The van der Waals surface area contributed by atoms with Gasteiger partial charge in [-0.2, -0.15) is 5.26 Å². The third-order valence-electron chi connectivity index (χ3n) is 2.91. The Kier molecular flexibility index (Phi) is 5.21. The molecule has 0 spiro atoms. The van der Waals surface area contributed by atoms with E-state index in [2.05, 4.69) is 11.4 Å². The second kappa shape index (κ2) is 7.12. The molecule has 21 heavy (non-hydrogen) atoms. The number of carbonyl (C=O) groups excluding carboxylic acids is 1. The van der Waals surface area contributed by atoms with E-state index in [1.165, 1.54) is 0 Å². The van der Waals surface area contributed by atoms with Crippen molar-refractivity contribution in [3.8, 4) is 6.07 Å². The van der Waals surface area contributed by atoms with Gasteiger partial charge in [0.15, 0.2) is 0 Å². The normalized spacial score (nSPS) is 9.95. The number of hydrogen-bond donors (Lipinski definition) is 1.